The first-order chi connectivity index (χ1) is 71.5. The van der Waals surface area contributed by atoms with Crippen molar-refractivity contribution in [3.8, 4) is 68.3 Å². The Morgan fingerprint density at radius 2 is 0.736 bits per heavy atom. The number of nitrogens with one attached hydrogen (secondary N) is 9. The molecule has 6 amide bonds. The van der Waals surface area contributed by atoms with E-state index in [0.717, 1.165) is 16.6 Å². The second kappa shape index (κ2) is 44.6. The number of anilines is 5. The van der Waals surface area contributed by atoms with Gasteiger partial charge in [-0.3, -0.25) is 33.8 Å². The minimum Gasteiger partial charge on any atom is -0.449 e. The van der Waals surface area contributed by atoms with Crippen LogP contribution in [0.5, 0.6) is 0 Å². The minimum atomic E-state index is -1.71. The van der Waals surface area contributed by atoms with Crippen LogP contribution in [0.1, 0.15) is 79.2 Å². The van der Waals surface area contributed by atoms with Crippen molar-refractivity contribution < 1.29 is 38.2 Å². The number of aryl methyl sites for hydroxylation is 1. The molecule has 14 aromatic carbocycles. The Bertz CT molecular complexity index is 8490. The molecule has 0 aliphatic carbocycles. The smallest absolute Gasteiger partial charge is 0.414 e. The highest BCUT2D eigenvalue weighted by Crippen LogP contribution is 2.45. The summed E-state index contributed by atoms with van der Waals surface area (Å²) in [7, 11) is 0. The molecule has 6 heterocycles. The second-order valence-corrected chi connectivity index (χ2v) is 39.5. The Morgan fingerprint density at radius 3 is 1.18 bits per heavy atom. The second-order valence-electron chi connectivity index (χ2n) is 34.6. The van der Waals surface area contributed by atoms with Crippen LogP contribution >= 0.6 is 139 Å². The highest BCUT2D eigenvalue weighted by molar-refractivity contribution is 6.44. The number of hydrogen-bond donors (Lipinski definition) is 9. The van der Waals surface area contributed by atoms with Crippen LogP contribution in [0.4, 0.5) is 33.2 Å². The Balaban J connectivity index is 0.000000439. The zero-order chi connectivity index (χ0) is 104. The average Bonchev–Trinajstić information content (AvgIpc) is 1.59. The quantitative estimate of drug-likeness (QED) is 0.0197. The molecule has 6 aromatic heterocycles. The van der Waals surface area contributed by atoms with Crippen molar-refractivity contribution in [2.75, 3.05) is 45.5 Å². The summed E-state index contributed by atoms with van der Waals surface area (Å²) in [6.07, 6.45) is -3.43. The number of halogens is 12. The lowest BCUT2D eigenvalue weighted by Gasteiger charge is -2.35. The van der Waals surface area contributed by atoms with Gasteiger partial charge in [0.05, 0.1) is 167 Å². The van der Waals surface area contributed by atoms with E-state index in [1.54, 1.807) is 251 Å². The van der Waals surface area contributed by atoms with Crippen LogP contribution in [0.15, 0.2) is 273 Å². The van der Waals surface area contributed by atoms with Gasteiger partial charge < -0.3 is 60.2 Å². The van der Waals surface area contributed by atoms with Crippen molar-refractivity contribution in [2.45, 2.75) is 65.3 Å². The first kappa shape index (κ1) is 103. The highest BCUT2D eigenvalue weighted by atomic mass is 35.5. The monoisotopic (exact) mass is 2200 g/mol. The van der Waals surface area contributed by atoms with Crippen molar-refractivity contribution in [3.05, 3.63) is 356 Å². The standard InChI is InChI=1S/C89H67Cl10N15O7.C21H15Cl2N3O/c1-4-120-88(87(118)101-49-28-33-64-69(41-49)110-84(105-64)77-57(94)21-12-22-58(77)95)112(73(115)37-36-72(47-26-31-62-67(39-47)108-82(103-62)75-53(90)17-10-18-54(75)91)113(89(119)121-5-2)50-29-34-65-70(42-50)107-81(102-65)52-16-9-25-61(98)79(52)99)44-45(3)38-74(116)114(51-30-35-66-71(43-51)111-85(106-66)78-59(96)23-13-24-60(78)97)80(46-14-7-6-8-15-46)86(117)100-48-27-32-63-68(40-48)109-83(104-63)76-55(92)19-11-20-56(76)93;1-12-4-2-5-13(10-12)21(27)24-14-8-9-17-18(11-14)26-20(25-17)19-15(22)6-3-7-16(19)23/h6-35,39-43,45,72,80,88H,4-5,36-38,44H2,1-3H3,(H,100,117)(H,101,118)(H,102,107)(H,103,108)(H,104,109)(H,105,110)(H,106,111);2-11H,1H3,(H,24,27)(H,25,26). The first-order valence-corrected chi connectivity index (χ1v) is 50.9. The predicted octanol–water partition coefficient (Wildman–Crippen LogP) is 30.8. The third kappa shape index (κ3) is 22.0. The fraction of sp³-hybridized carbons (Fsp3) is 0.127. The predicted molar refractivity (Wildman–Crippen MR) is 595 cm³/mol. The number of rotatable bonds is 29. The van der Waals surface area contributed by atoms with Crippen LogP contribution in [-0.4, -0.2) is 126 Å². The van der Waals surface area contributed by atoms with E-state index in [0.29, 0.717) is 212 Å². The van der Waals surface area contributed by atoms with E-state index in [1.165, 1.54) is 14.7 Å². The molecule has 4 unspecified atom stereocenters. The molecule has 38 heteroatoms. The van der Waals surface area contributed by atoms with Gasteiger partial charge in [0, 0.05) is 65.6 Å². The topological polar surface area (TPSA) is 339 Å². The summed E-state index contributed by atoms with van der Waals surface area (Å²) in [5, 5.41) is 13.5. The summed E-state index contributed by atoms with van der Waals surface area (Å²) >= 11 is 79.6. The van der Waals surface area contributed by atoms with Gasteiger partial charge in [0.25, 0.3) is 17.7 Å². The largest absolute Gasteiger partial charge is 0.449 e. The normalized spacial score (nSPS) is 12.3. The number of benzene rings is 14. The first-order valence-electron chi connectivity index (χ1n) is 46.4. The fourth-order valence-electron chi connectivity index (χ4n) is 17.8. The molecule has 0 fully saturated rings. The Kier molecular flexibility index (Phi) is 30.9. The molecular formula is C110H82Cl12N18O8. The number of aromatic amines is 6. The summed E-state index contributed by atoms with van der Waals surface area (Å²) in [4.78, 5) is 145. The third-order valence-electron chi connectivity index (χ3n) is 24.6. The molecule has 148 heavy (non-hydrogen) atoms. The number of ether oxygens (including phenoxy) is 2. The van der Waals surface area contributed by atoms with Gasteiger partial charge >= 0.3 is 6.09 Å². The van der Waals surface area contributed by atoms with E-state index in [1.807, 2.05) is 49.4 Å². The average molecular weight is 2210 g/mol. The molecule has 0 radical (unpaired) electrons. The Morgan fingerprint density at radius 1 is 0.358 bits per heavy atom. The molecule has 0 saturated heterocycles. The number of imidazole rings is 6. The van der Waals surface area contributed by atoms with Crippen LogP contribution in [0.3, 0.4) is 0 Å². The molecule has 744 valence electrons. The van der Waals surface area contributed by atoms with Crippen LogP contribution < -0.4 is 25.8 Å². The molecule has 0 bridgehead atoms. The number of hydrogen-bond acceptors (Lipinski definition) is 14. The van der Waals surface area contributed by atoms with Gasteiger partial charge in [0.2, 0.25) is 18.0 Å². The molecule has 0 aliphatic rings. The zero-order valence-electron chi connectivity index (χ0n) is 78.4. The lowest BCUT2D eigenvalue weighted by molar-refractivity contribution is -0.157. The summed E-state index contributed by atoms with van der Waals surface area (Å²) in [6, 6.07) is 76.0. The number of aromatic nitrogens is 12. The lowest BCUT2D eigenvalue weighted by Crippen LogP contribution is -2.51. The van der Waals surface area contributed by atoms with E-state index in [2.05, 4.69) is 50.8 Å². The van der Waals surface area contributed by atoms with Gasteiger partial charge in [-0.2, -0.15) is 0 Å². The molecule has 20 aromatic rings. The molecule has 0 aliphatic heterocycles. The lowest BCUT2D eigenvalue weighted by atomic mass is 9.97. The number of carbonyl (C=O) groups excluding carboxylic acids is 6. The van der Waals surface area contributed by atoms with Crippen LogP contribution in [-0.2, 0) is 28.7 Å². The molecule has 9 N–H and O–H groups in total. The van der Waals surface area contributed by atoms with E-state index >= 15 is 24.0 Å². The van der Waals surface area contributed by atoms with E-state index < -0.39 is 60.4 Å². The van der Waals surface area contributed by atoms with Gasteiger partial charge in [-0.25, -0.2) is 34.7 Å². The molecule has 4 atom stereocenters. The summed E-state index contributed by atoms with van der Waals surface area (Å²) in [5.74, 6) is -1.21. The molecule has 0 spiro atoms. The number of H-pyrrole nitrogens is 6. The van der Waals surface area contributed by atoms with Crippen molar-refractivity contribution in [3.63, 3.8) is 0 Å². The molecule has 20 rings (SSSR count). The van der Waals surface area contributed by atoms with E-state index in [4.69, 9.17) is 174 Å². The third-order valence-corrected chi connectivity index (χ3v) is 28.6. The van der Waals surface area contributed by atoms with E-state index in [-0.39, 0.29) is 54.9 Å². The van der Waals surface area contributed by atoms with Crippen molar-refractivity contribution in [1.29, 1.82) is 0 Å². The van der Waals surface area contributed by atoms with Crippen molar-refractivity contribution in [2.24, 2.45) is 5.92 Å². The number of carbonyl (C=O) groups is 6. The van der Waals surface area contributed by atoms with Gasteiger partial charge in [0.1, 0.15) is 41.0 Å². The maximum atomic E-state index is 16.4. The summed E-state index contributed by atoms with van der Waals surface area (Å²) in [6.45, 7) is 6.57. The fourth-order valence-corrected chi connectivity index (χ4v) is 21.0. The van der Waals surface area contributed by atoms with Gasteiger partial charge in [-0.05, 0) is 232 Å². The van der Waals surface area contributed by atoms with Crippen molar-refractivity contribution >= 4 is 269 Å². The number of fused-ring (bicyclic) bond motifs is 6. The molecule has 26 nitrogen and oxygen atoms in total. The SMILES string of the molecule is CCOC(=O)N(c1ccc2nc(-c3cccc(Cl)c3Cl)[nH]c2c1)C(CCC(=O)N(CC(C)CC(=O)N(c1ccc2nc(-c3c(Cl)cccc3Cl)[nH]c2c1)C(C(=O)Nc1ccc2nc(-c3c(Cl)cccc3Cl)[nH]c2c1)c1ccccc1)C(OCC)C(=O)Nc1ccc2nc(-c3c(Cl)cccc3Cl)[nH]c2c1)c1ccc2nc(-c3c(Cl)cccc3Cl)[nH]c2c1.Cc1cccc(C(=O)Nc2ccc3nc(-c4c(Cl)cccc4Cl)[nH]c3c2)c1. The molecular weight excluding hydrogens is 2130 g/mol. The van der Waals surface area contributed by atoms with Gasteiger partial charge in [0.15, 0.2) is 0 Å². The number of nitrogens with zero attached hydrogens (tertiary/aromatic N) is 9. The van der Waals surface area contributed by atoms with Gasteiger partial charge in [-0.1, -0.05) is 237 Å². The maximum Gasteiger partial charge on any atom is 0.414 e. The van der Waals surface area contributed by atoms with Crippen LogP contribution in [0, 0.1) is 12.8 Å². The van der Waals surface area contributed by atoms with E-state index in [9.17, 15) is 4.79 Å². The Labute approximate surface area is 905 Å². The zero-order valence-corrected chi connectivity index (χ0v) is 87.4. The molecule has 0 saturated carbocycles. The minimum absolute atomic E-state index is 0.0526. The van der Waals surface area contributed by atoms with Gasteiger partial charge in [-0.15, -0.1) is 0 Å². The summed E-state index contributed by atoms with van der Waals surface area (Å²) in [5.41, 5.74) is 14.1. The summed E-state index contributed by atoms with van der Waals surface area (Å²) < 4.78 is 12.4. The van der Waals surface area contributed by atoms with Crippen LogP contribution in [0.2, 0.25) is 60.3 Å². The Hall–Kier alpha value is -14.0. The van der Waals surface area contributed by atoms with Crippen molar-refractivity contribution in [1.82, 2.24) is 64.7 Å². The number of amides is 6. The van der Waals surface area contributed by atoms with Crippen LogP contribution in [0.25, 0.3) is 135 Å². The highest BCUT2D eigenvalue weighted by Gasteiger charge is 2.39. The maximum absolute atomic E-state index is 16.4.